The van der Waals surface area contributed by atoms with Crippen LogP contribution in [0.2, 0.25) is 0 Å². The molecule has 0 saturated carbocycles. The molecule has 0 unspecified atom stereocenters. The van der Waals surface area contributed by atoms with Crippen molar-refractivity contribution in [2.45, 2.75) is 26.3 Å². The smallest absolute Gasteiger partial charge is 0.204 e. The lowest BCUT2D eigenvalue weighted by atomic mass is 10.4. The van der Waals surface area contributed by atoms with Gasteiger partial charge in [0.1, 0.15) is 0 Å². The van der Waals surface area contributed by atoms with Crippen LogP contribution in [0.4, 0.5) is 5.95 Å². The van der Waals surface area contributed by atoms with Crippen molar-refractivity contribution in [1.82, 2.24) is 14.9 Å². The SMILES string of the molecule is CCCCOCCNCc1cnc(N(C)C)n1C. The van der Waals surface area contributed by atoms with Gasteiger partial charge in [0.25, 0.3) is 0 Å². The number of ether oxygens (including phenoxy) is 1. The Balaban J connectivity index is 2.19. The van der Waals surface area contributed by atoms with Crippen LogP contribution in [0, 0.1) is 0 Å². The molecular formula is C13H26N4O. The average molecular weight is 254 g/mol. The average Bonchev–Trinajstić information content (AvgIpc) is 2.70. The molecule has 0 atom stereocenters. The molecule has 1 heterocycles. The highest BCUT2D eigenvalue weighted by atomic mass is 16.5. The molecular weight excluding hydrogens is 228 g/mol. The molecule has 1 rings (SSSR count). The molecule has 0 saturated heterocycles. The van der Waals surface area contributed by atoms with E-state index in [0.29, 0.717) is 0 Å². The monoisotopic (exact) mass is 254 g/mol. The number of anilines is 1. The zero-order valence-electron chi connectivity index (χ0n) is 12.1. The van der Waals surface area contributed by atoms with Gasteiger partial charge in [0.05, 0.1) is 18.5 Å². The molecule has 0 bridgehead atoms. The molecule has 5 nitrogen and oxygen atoms in total. The van der Waals surface area contributed by atoms with E-state index in [4.69, 9.17) is 4.74 Å². The Bertz CT molecular complexity index is 336. The van der Waals surface area contributed by atoms with Crippen LogP contribution in [0.5, 0.6) is 0 Å². The first kappa shape index (κ1) is 15.0. The van der Waals surface area contributed by atoms with Gasteiger partial charge in [-0.2, -0.15) is 0 Å². The molecule has 0 aliphatic carbocycles. The van der Waals surface area contributed by atoms with Crippen LogP contribution in [0.3, 0.4) is 0 Å². The summed E-state index contributed by atoms with van der Waals surface area (Å²) in [6.45, 7) is 5.53. The minimum absolute atomic E-state index is 0.776. The zero-order valence-corrected chi connectivity index (χ0v) is 12.1. The number of unbranched alkanes of at least 4 members (excludes halogenated alkanes) is 1. The maximum absolute atomic E-state index is 5.49. The van der Waals surface area contributed by atoms with E-state index in [-0.39, 0.29) is 0 Å². The van der Waals surface area contributed by atoms with Crippen LogP contribution in [-0.4, -0.2) is 43.4 Å². The zero-order chi connectivity index (χ0) is 13.4. The van der Waals surface area contributed by atoms with Gasteiger partial charge in [0, 0.05) is 40.8 Å². The van der Waals surface area contributed by atoms with Gasteiger partial charge in [-0.05, 0) is 6.42 Å². The van der Waals surface area contributed by atoms with Crippen molar-refractivity contribution < 1.29 is 4.74 Å². The van der Waals surface area contributed by atoms with Gasteiger partial charge in [0.2, 0.25) is 5.95 Å². The highest BCUT2D eigenvalue weighted by Gasteiger charge is 2.06. The van der Waals surface area contributed by atoms with Gasteiger partial charge in [0.15, 0.2) is 0 Å². The van der Waals surface area contributed by atoms with Crippen molar-refractivity contribution >= 4 is 5.95 Å². The summed E-state index contributed by atoms with van der Waals surface area (Å²) in [6.07, 6.45) is 4.25. The molecule has 0 radical (unpaired) electrons. The number of hydrogen-bond donors (Lipinski definition) is 1. The molecule has 0 fully saturated rings. The maximum atomic E-state index is 5.49. The lowest BCUT2D eigenvalue weighted by molar-refractivity contribution is 0.132. The predicted octanol–water partition coefficient (Wildman–Crippen LogP) is 1.39. The number of nitrogens with one attached hydrogen (secondary N) is 1. The van der Waals surface area contributed by atoms with Crippen LogP contribution >= 0.6 is 0 Å². The van der Waals surface area contributed by atoms with Crippen LogP contribution in [0.15, 0.2) is 6.20 Å². The Morgan fingerprint density at radius 2 is 2.17 bits per heavy atom. The first-order chi connectivity index (χ1) is 8.66. The molecule has 0 spiro atoms. The van der Waals surface area contributed by atoms with E-state index in [1.54, 1.807) is 0 Å². The standard InChI is InChI=1S/C13H26N4O/c1-5-6-8-18-9-7-14-10-12-11-15-13(16(2)3)17(12)4/h11,14H,5-10H2,1-4H3. The molecule has 1 aromatic heterocycles. The molecule has 1 aromatic rings. The molecule has 18 heavy (non-hydrogen) atoms. The molecule has 5 heteroatoms. The number of rotatable bonds is 9. The fourth-order valence-corrected chi connectivity index (χ4v) is 1.72. The lowest BCUT2D eigenvalue weighted by Crippen LogP contribution is -2.21. The largest absolute Gasteiger partial charge is 0.380 e. The summed E-state index contributed by atoms with van der Waals surface area (Å²) in [4.78, 5) is 6.38. The summed E-state index contributed by atoms with van der Waals surface area (Å²) in [6, 6.07) is 0. The third-order valence-corrected chi connectivity index (χ3v) is 2.83. The van der Waals surface area contributed by atoms with Gasteiger partial charge in [-0.1, -0.05) is 13.3 Å². The van der Waals surface area contributed by atoms with Crippen LogP contribution in [-0.2, 0) is 18.3 Å². The Morgan fingerprint density at radius 3 is 2.78 bits per heavy atom. The first-order valence-corrected chi connectivity index (χ1v) is 6.63. The van der Waals surface area contributed by atoms with Gasteiger partial charge in [-0.15, -0.1) is 0 Å². The Labute approximate surface area is 110 Å². The number of nitrogens with zero attached hydrogens (tertiary/aromatic N) is 3. The van der Waals surface area contributed by atoms with Gasteiger partial charge in [-0.25, -0.2) is 4.98 Å². The second-order valence-electron chi connectivity index (χ2n) is 4.65. The third kappa shape index (κ3) is 4.66. The quantitative estimate of drug-likeness (QED) is 0.676. The van der Waals surface area contributed by atoms with E-state index in [0.717, 1.165) is 38.7 Å². The molecule has 1 N–H and O–H groups in total. The molecule has 0 aromatic carbocycles. The van der Waals surface area contributed by atoms with Crippen molar-refractivity contribution in [1.29, 1.82) is 0 Å². The van der Waals surface area contributed by atoms with Crippen molar-refractivity contribution in [3.05, 3.63) is 11.9 Å². The van der Waals surface area contributed by atoms with E-state index in [1.807, 2.05) is 32.2 Å². The molecule has 0 amide bonds. The second-order valence-corrected chi connectivity index (χ2v) is 4.65. The summed E-state index contributed by atoms with van der Waals surface area (Å²) < 4.78 is 7.59. The van der Waals surface area contributed by atoms with Crippen molar-refractivity contribution in [2.24, 2.45) is 7.05 Å². The van der Waals surface area contributed by atoms with Crippen molar-refractivity contribution in [2.75, 3.05) is 38.8 Å². The Morgan fingerprint density at radius 1 is 1.39 bits per heavy atom. The highest BCUT2D eigenvalue weighted by molar-refractivity contribution is 5.30. The van der Waals surface area contributed by atoms with E-state index in [9.17, 15) is 0 Å². The van der Waals surface area contributed by atoms with Gasteiger partial charge < -0.3 is 19.5 Å². The summed E-state index contributed by atoms with van der Waals surface area (Å²) in [7, 11) is 6.04. The molecule has 0 aliphatic rings. The second kappa shape index (κ2) is 8.11. The Kier molecular flexibility index (Phi) is 6.75. The number of imidazole rings is 1. The van der Waals surface area contributed by atoms with Crippen LogP contribution < -0.4 is 10.2 Å². The highest BCUT2D eigenvalue weighted by Crippen LogP contribution is 2.10. The fraction of sp³-hybridized carbons (Fsp3) is 0.769. The van der Waals surface area contributed by atoms with E-state index in [1.165, 1.54) is 12.1 Å². The minimum atomic E-state index is 0.776. The Hall–Kier alpha value is -1.07. The van der Waals surface area contributed by atoms with Crippen molar-refractivity contribution in [3.8, 4) is 0 Å². The van der Waals surface area contributed by atoms with E-state index >= 15 is 0 Å². The number of aromatic nitrogens is 2. The number of hydrogen-bond acceptors (Lipinski definition) is 4. The third-order valence-electron chi connectivity index (χ3n) is 2.83. The maximum Gasteiger partial charge on any atom is 0.204 e. The first-order valence-electron chi connectivity index (χ1n) is 6.63. The van der Waals surface area contributed by atoms with Crippen LogP contribution in [0.25, 0.3) is 0 Å². The fourth-order valence-electron chi connectivity index (χ4n) is 1.72. The van der Waals surface area contributed by atoms with Crippen LogP contribution in [0.1, 0.15) is 25.5 Å². The summed E-state index contributed by atoms with van der Waals surface area (Å²) in [5.41, 5.74) is 1.19. The van der Waals surface area contributed by atoms with Gasteiger partial charge in [-0.3, -0.25) is 0 Å². The summed E-state index contributed by atoms with van der Waals surface area (Å²) in [5.74, 6) is 0.978. The topological polar surface area (TPSA) is 42.3 Å². The van der Waals surface area contributed by atoms with Crippen molar-refractivity contribution in [3.63, 3.8) is 0 Å². The lowest BCUT2D eigenvalue weighted by Gasteiger charge is -2.12. The normalized spacial score (nSPS) is 10.9. The summed E-state index contributed by atoms with van der Waals surface area (Å²) in [5, 5.41) is 3.37. The van der Waals surface area contributed by atoms with Gasteiger partial charge >= 0.3 is 0 Å². The molecule has 0 aliphatic heterocycles. The van der Waals surface area contributed by atoms with E-state index < -0.39 is 0 Å². The molecule has 104 valence electrons. The van der Waals surface area contributed by atoms with E-state index in [2.05, 4.69) is 21.8 Å². The predicted molar refractivity (Wildman–Crippen MR) is 75.0 cm³/mol. The minimum Gasteiger partial charge on any atom is -0.380 e. The summed E-state index contributed by atoms with van der Waals surface area (Å²) >= 11 is 0.